The van der Waals surface area contributed by atoms with Crippen molar-refractivity contribution in [2.45, 2.75) is 57.9 Å². The fraction of sp³-hybridized carbons (Fsp3) is 0.611. The predicted octanol–water partition coefficient (Wildman–Crippen LogP) is 3.29. The smallest absolute Gasteiger partial charge is 0.222 e. The van der Waals surface area contributed by atoms with Crippen LogP contribution < -0.4 is 5.73 Å². The van der Waals surface area contributed by atoms with Crippen LogP contribution >= 0.6 is 12.4 Å². The summed E-state index contributed by atoms with van der Waals surface area (Å²) in [5, 5.41) is 0. The van der Waals surface area contributed by atoms with Gasteiger partial charge in [0.25, 0.3) is 0 Å². The lowest BCUT2D eigenvalue weighted by atomic mass is 9.86. The van der Waals surface area contributed by atoms with E-state index in [0.29, 0.717) is 6.42 Å². The van der Waals surface area contributed by atoms with E-state index >= 15 is 0 Å². The molecular formula is C18H29ClN2O. The van der Waals surface area contributed by atoms with E-state index in [1.54, 1.807) is 0 Å². The first-order valence-corrected chi connectivity index (χ1v) is 7.99. The van der Waals surface area contributed by atoms with Crippen molar-refractivity contribution >= 4 is 18.3 Å². The van der Waals surface area contributed by atoms with Gasteiger partial charge in [-0.25, -0.2) is 0 Å². The van der Waals surface area contributed by atoms with Gasteiger partial charge in [0.15, 0.2) is 0 Å². The molecule has 22 heavy (non-hydrogen) atoms. The van der Waals surface area contributed by atoms with Crippen LogP contribution in [0.25, 0.3) is 0 Å². The second kappa shape index (κ2) is 7.98. The number of nitrogens with two attached hydrogens (primary N) is 1. The average Bonchev–Trinajstić information content (AvgIpc) is 2.44. The largest absolute Gasteiger partial charge is 0.341 e. The maximum atomic E-state index is 12.2. The number of carbonyl (C=O) groups excluding carboxylic acids is 1. The summed E-state index contributed by atoms with van der Waals surface area (Å²) in [7, 11) is 0. The highest BCUT2D eigenvalue weighted by molar-refractivity contribution is 5.85. The number of amides is 1. The van der Waals surface area contributed by atoms with Gasteiger partial charge < -0.3 is 10.6 Å². The van der Waals surface area contributed by atoms with Gasteiger partial charge in [0.05, 0.1) is 0 Å². The van der Waals surface area contributed by atoms with E-state index in [9.17, 15) is 4.79 Å². The van der Waals surface area contributed by atoms with Crippen LogP contribution in [0.4, 0.5) is 0 Å². The van der Waals surface area contributed by atoms with Crippen LogP contribution in [0, 0.1) is 0 Å². The standard InChI is InChI=1S/C18H28N2O.ClH/c1-18(2,3)15-9-6-14(7-10-15)8-11-17(21)20-12-4-5-16(19)13-20;/h6-7,9-10,16H,4-5,8,11-13,19H2,1-3H3;1H. The van der Waals surface area contributed by atoms with Crippen LogP contribution in [0.1, 0.15) is 51.2 Å². The van der Waals surface area contributed by atoms with Crippen molar-refractivity contribution in [3.8, 4) is 0 Å². The van der Waals surface area contributed by atoms with Crippen LogP contribution in [0.2, 0.25) is 0 Å². The van der Waals surface area contributed by atoms with Crippen molar-refractivity contribution < 1.29 is 4.79 Å². The average molecular weight is 325 g/mol. The minimum absolute atomic E-state index is 0. The molecule has 4 heteroatoms. The molecule has 1 aliphatic heterocycles. The van der Waals surface area contributed by atoms with E-state index in [1.807, 2.05) is 4.90 Å². The molecule has 1 saturated heterocycles. The lowest BCUT2D eigenvalue weighted by molar-refractivity contribution is -0.132. The molecule has 3 nitrogen and oxygen atoms in total. The number of aryl methyl sites for hydroxylation is 1. The van der Waals surface area contributed by atoms with Crippen LogP contribution in [0.5, 0.6) is 0 Å². The first-order valence-electron chi connectivity index (χ1n) is 7.99. The normalized spacial score (nSPS) is 18.7. The molecule has 1 aromatic carbocycles. The van der Waals surface area contributed by atoms with Gasteiger partial charge in [-0.2, -0.15) is 0 Å². The second-order valence-electron chi connectivity index (χ2n) is 7.19. The van der Waals surface area contributed by atoms with Crippen molar-refractivity contribution in [3.05, 3.63) is 35.4 Å². The first kappa shape index (κ1) is 19.0. The minimum atomic E-state index is 0. The molecule has 0 spiro atoms. The van der Waals surface area contributed by atoms with Crippen molar-refractivity contribution in [2.75, 3.05) is 13.1 Å². The predicted molar refractivity (Wildman–Crippen MR) is 94.5 cm³/mol. The van der Waals surface area contributed by atoms with Gasteiger partial charge in [0, 0.05) is 25.6 Å². The van der Waals surface area contributed by atoms with Gasteiger partial charge in [-0.3, -0.25) is 4.79 Å². The molecule has 1 aliphatic rings. The van der Waals surface area contributed by atoms with Crippen molar-refractivity contribution in [1.29, 1.82) is 0 Å². The maximum Gasteiger partial charge on any atom is 0.222 e. The fourth-order valence-electron chi connectivity index (χ4n) is 2.82. The second-order valence-corrected chi connectivity index (χ2v) is 7.19. The van der Waals surface area contributed by atoms with Crippen molar-refractivity contribution in [1.82, 2.24) is 4.90 Å². The number of benzene rings is 1. The summed E-state index contributed by atoms with van der Waals surface area (Å²) in [5.41, 5.74) is 8.68. The monoisotopic (exact) mass is 324 g/mol. The van der Waals surface area contributed by atoms with Crippen LogP contribution in [-0.2, 0) is 16.6 Å². The molecule has 2 N–H and O–H groups in total. The molecule has 0 aromatic heterocycles. The third-order valence-electron chi connectivity index (χ3n) is 4.26. The molecule has 1 amide bonds. The summed E-state index contributed by atoms with van der Waals surface area (Å²) >= 11 is 0. The summed E-state index contributed by atoms with van der Waals surface area (Å²) in [6, 6.07) is 8.81. The Balaban J connectivity index is 0.00000242. The van der Waals surface area contributed by atoms with E-state index in [2.05, 4.69) is 45.0 Å². The Kier molecular flexibility index (Phi) is 6.89. The number of piperidine rings is 1. The lowest BCUT2D eigenvalue weighted by Gasteiger charge is -2.30. The van der Waals surface area contributed by atoms with Crippen LogP contribution in [-0.4, -0.2) is 29.9 Å². The van der Waals surface area contributed by atoms with Gasteiger partial charge in [0.1, 0.15) is 0 Å². The number of likely N-dealkylation sites (tertiary alicyclic amines) is 1. The molecule has 124 valence electrons. The van der Waals surface area contributed by atoms with E-state index in [1.165, 1.54) is 11.1 Å². The summed E-state index contributed by atoms with van der Waals surface area (Å²) in [5.74, 6) is 0.241. The Hall–Kier alpha value is -1.06. The molecule has 1 heterocycles. The lowest BCUT2D eigenvalue weighted by Crippen LogP contribution is -2.45. The van der Waals surface area contributed by atoms with E-state index < -0.39 is 0 Å². The van der Waals surface area contributed by atoms with Gasteiger partial charge in [-0.15, -0.1) is 12.4 Å². The van der Waals surface area contributed by atoms with Gasteiger partial charge >= 0.3 is 0 Å². The number of hydrogen-bond donors (Lipinski definition) is 1. The fourth-order valence-corrected chi connectivity index (χ4v) is 2.82. The summed E-state index contributed by atoms with van der Waals surface area (Å²) in [4.78, 5) is 14.1. The molecular weight excluding hydrogens is 296 g/mol. The van der Waals surface area contributed by atoms with E-state index in [0.717, 1.165) is 32.4 Å². The van der Waals surface area contributed by atoms with E-state index in [-0.39, 0.29) is 29.8 Å². The zero-order chi connectivity index (χ0) is 15.5. The Morgan fingerprint density at radius 1 is 1.27 bits per heavy atom. The highest BCUT2D eigenvalue weighted by Gasteiger charge is 2.20. The Morgan fingerprint density at radius 3 is 2.45 bits per heavy atom. The minimum Gasteiger partial charge on any atom is -0.341 e. The molecule has 0 radical (unpaired) electrons. The molecule has 1 fully saturated rings. The van der Waals surface area contributed by atoms with Gasteiger partial charge in [0.2, 0.25) is 5.91 Å². The summed E-state index contributed by atoms with van der Waals surface area (Å²) in [6.07, 6.45) is 3.47. The van der Waals surface area contributed by atoms with E-state index in [4.69, 9.17) is 5.73 Å². The molecule has 0 aliphatic carbocycles. The number of hydrogen-bond acceptors (Lipinski definition) is 2. The third-order valence-corrected chi connectivity index (χ3v) is 4.26. The Labute approximate surface area is 140 Å². The summed E-state index contributed by atoms with van der Waals surface area (Å²) < 4.78 is 0. The third kappa shape index (κ3) is 5.29. The Bertz CT molecular complexity index is 479. The zero-order valence-corrected chi connectivity index (χ0v) is 14.8. The number of nitrogens with zero attached hydrogens (tertiary/aromatic N) is 1. The topological polar surface area (TPSA) is 46.3 Å². The highest BCUT2D eigenvalue weighted by atomic mass is 35.5. The van der Waals surface area contributed by atoms with Crippen molar-refractivity contribution in [3.63, 3.8) is 0 Å². The molecule has 1 unspecified atom stereocenters. The zero-order valence-electron chi connectivity index (χ0n) is 14.0. The first-order chi connectivity index (χ1) is 9.86. The van der Waals surface area contributed by atoms with Gasteiger partial charge in [-0.05, 0) is 35.8 Å². The molecule has 2 rings (SSSR count). The van der Waals surface area contributed by atoms with Crippen LogP contribution in [0.15, 0.2) is 24.3 Å². The van der Waals surface area contributed by atoms with Crippen LogP contribution in [0.3, 0.4) is 0 Å². The SMILES string of the molecule is CC(C)(C)c1ccc(CCC(=O)N2CCCC(N)C2)cc1.Cl. The van der Waals surface area contributed by atoms with Crippen molar-refractivity contribution in [2.24, 2.45) is 5.73 Å². The summed E-state index contributed by atoms with van der Waals surface area (Å²) in [6.45, 7) is 8.23. The molecule has 1 aromatic rings. The highest BCUT2D eigenvalue weighted by Crippen LogP contribution is 2.22. The number of carbonyl (C=O) groups is 1. The van der Waals surface area contributed by atoms with Gasteiger partial charge in [-0.1, -0.05) is 45.0 Å². The number of halogens is 1. The number of rotatable bonds is 3. The maximum absolute atomic E-state index is 12.2. The molecule has 0 bridgehead atoms. The Morgan fingerprint density at radius 2 is 1.91 bits per heavy atom. The molecule has 1 atom stereocenters. The quantitative estimate of drug-likeness (QED) is 0.927. The molecule has 0 saturated carbocycles.